The second-order valence-electron chi connectivity index (χ2n) is 5.38. The molecule has 0 saturated carbocycles. The number of hydrogen-bond acceptors (Lipinski definition) is 4. The number of carbonyl (C=O) groups excluding carboxylic acids is 2. The highest BCUT2D eigenvalue weighted by Crippen LogP contribution is 2.32. The molecule has 0 aliphatic carbocycles. The van der Waals surface area contributed by atoms with Crippen molar-refractivity contribution < 1.29 is 19.1 Å². The van der Waals surface area contributed by atoms with Crippen molar-refractivity contribution in [3.05, 3.63) is 58.6 Å². The van der Waals surface area contributed by atoms with Crippen molar-refractivity contribution in [3.8, 4) is 5.75 Å². The van der Waals surface area contributed by atoms with Crippen LogP contribution in [0.15, 0.2) is 53.0 Å². The lowest BCUT2D eigenvalue weighted by Crippen LogP contribution is -2.45. The van der Waals surface area contributed by atoms with Crippen molar-refractivity contribution in [2.24, 2.45) is 0 Å². The Bertz CT molecular complexity index is 760. The lowest BCUT2D eigenvalue weighted by molar-refractivity contribution is -0.143. The zero-order chi connectivity index (χ0) is 17.1. The SMILES string of the molecule is COC(=O)[C@@H]1Cc2ccccc2N1C(=O)COc1ccc(Br)cc1. The van der Waals surface area contributed by atoms with E-state index in [-0.39, 0.29) is 12.5 Å². The molecule has 3 rings (SSSR count). The van der Waals surface area contributed by atoms with Gasteiger partial charge in [0.25, 0.3) is 5.91 Å². The van der Waals surface area contributed by atoms with Crippen LogP contribution in [0, 0.1) is 0 Å². The van der Waals surface area contributed by atoms with Gasteiger partial charge in [-0.25, -0.2) is 4.79 Å². The molecular formula is C18H16BrNO4. The molecule has 2 aromatic carbocycles. The first-order chi connectivity index (χ1) is 11.6. The number of fused-ring (bicyclic) bond motifs is 1. The summed E-state index contributed by atoms with van der Waals surface area (Å²) in [7, 11) is 1.33. The van der Waals surface area contributed by atoms with Gasteiger partial charge in [-0.1, -0.05) is 34.1 Å². The molecule has 5 nitrogen and oxygen atoms in total. The normalized spacial score (nSPS) is 15.8. The van der Waals surface area contributed by atoms with E-state index < -0.39 is 12.0 Å². The largest absolute Gasteiger partial charge is 0.484 e. The molecule has 0 radical (unpaired) electrons. The zero-order valence-corrected chi connectivity index (χ0v) is 14.7. The van der Waals surface area contributed by atoms with Gasteiger partial charge in [-0.15, -0.1) is 0 Å². The summed E-state index contributed by atoms with van der Waals surface area (Å²) in [5.41, 5.74) is 1.68. The predicted molar refractivity (Wildman–Crippen MR) is 93.1 cm³/mol. The smallest absolute Gasteiger partial charge is 0.329 e. The standard InChI is InChI=1S/C18H16BrNO4/c1-23-18(22)16-10-12-4-2-3-5-15(12)20(16)17(21)11-24-14-8-6-13(19)7-9-14/h2-9,16H,10-11H2,1H3/t16-/m0/s1. The molecule has 24 heavy (non-hydrogen) atoms. The van der Waals surface area contributed by atoms with Crippen LogP contribution in [0.1, 0.15) is 5.56 Å². The summed E-state index contributed by atoms with van der Waals surface area (Å²) in [6.45, 7) is -0.149. The van der Waals surface area contributed by atoms with Crippen molar-refractivity contribution >= 4 is 33.5 Å². The molecule has 1 amide bonds. The van der Waals surface area contributed by atoms with Crippen LogP contribution < -0.4 is 9.64 Å². The van der Waals surface area contributed by atoms with Crippen LogP contribution >= 0.6 is 15.9 Å². The molecule has 0 bridgehead atoms. The fourth-order valence-electron chi connectivity index (χ4n) is 2.76. The van der Waals surface area contributed by atoms with E-state index >= 15 is 0 Å². The number of amides is 1. The average molecular weight is 390 g/mol. The number of rotatable bonds is 4. The number of benzene rings is 2. The van der Waals surface area contributed by atoms with Crippen LogP contribution in [0.5, 0.6) is 5.75 Å². The predicted octanol–water partition coefficient (Wildman–Crippen LogP) is 2.96. The van der Waals surface area contributed by atoms with Crippen LogP contribution in [-0.2, 0) is 20.7 Å². The quantitative estimate of drug-likeness (QED) is 0.754. The fraction of sp³-hybridized carbons (Fsp3) is 0.222. The van der Waals surface area contributed by atoms with E-state index in [1.165, 1.54) is 12.0 Å². The van der Waals surface area contributed by atoms with Gasteiger partial charge in [0, 0.05) is 16.6 Å². The van der Waals surface area contributed by atoms with Gasteiger partial charge in [0.1, 0.15) is 11.8 Å². The first-order valence-electron chi connectivity index (χ1n) is 7.46. The second-order valence-corrected chi connectivity index (χ2v) is 6.29. The highest BCUT2D eigenvalue weighted by atomic mass is 79.9. The minimum atomic E-state index is -0.645. The van der Waals surface area contributed by atoms with Crippen molar-refractivity contribution in [2.45, 2.75) is 12.5 Å². The number of esters is 1. The molecule has 0 spiro atoms. The van der Waals surface area contributed by atoms with E-state index in [2.05, 4.69) is 15.9 Å². The van der Waals surface area contributed by atoms with E-state index in [9.17, 15) is 9.59 Å². The summed E-state index contributed by atoms with van der Waals surface area (Å²) in [6, 6.07) is 14.0. The monoisotopic (exact) mass is 389 g/mol. The molecule has 1 atom stereocenters. The number of para-hydroxylation sites is 1. The molecule has 1 aliphatic rings. The van der Waals surface area contributed by atoms with Crippen molar-refractivity contribution in [3.63, 3.8) is 0 Å². The van der Waals surface area contributed by atoms with E-state index in [4.69, 9.17) is 9.47 Å². The Labute approximate surface area is 148 Å². The molecule has 1 heterocycles. The molecule has 6 heteroatoms. The first kappa shape index (κ1) is 16.5. The topological polar surface area (TPSA) is 55.8 Å². The van der Waals surface area contributed by atoms with Crippen molar-refractivity contribution in [1.29, 1.82) is 0 Å². The number of nitrogens with zero attached hydrogens (tertiary/aromatic N) is 1. The Morgan fingerprint density at radius 3 is 2.58 bits per heavy atom. The summed E-state index contributed by atoms with van der Waals surface area (Å²) < 4.78 is 11.3. The average Bonchev–Trinajstić information content (AvgIpc) is 3.00. The number of methoxy groups -OCH3 is 1. The summed E-state index contributed by atoms with van der Waals surface area (Å²) in [5.74, 6) is -0.116. The minimum Gasteiger partial charge on any atom is -0.484 e. The van der Waals surface area contributed by atoms with Crippen LogP contribution in [0.4, 0.5) is 5.69 Å². The van der Waals surface area contributed by atoms with E-state index in [1.807, 2.05) is 36.4 Å². The minimum absolute atomic E-state index is 0.149. The summed E-state index contributed by atoms with van der Waals surface area (Å²) in [6.07, 6.45) is 0.451. The number of carbonyl (C=O) groups is 2. The molecule has 0 unspecified atom stereocenters. The second kappa shape index (κ2) is 7.05. The molecule has 124 valence electrons. The number of halogens is 1. The van der Waals surface area contributed by atoms with Gasteiger partial charge in [0.2, 0.25) is 0 Å². The Kier molecular flexibility index (Phi) is 4.85. The Hall–Kier alpha value is -2.34. The van der Waals surface area contributed by atoms with Crippen LogP contribution in [0.3, 0.4) is 0 Å². The molecule has 0 fully saturated rings. The highest BCUT2D eigenvalue weighted by Gasteiger charge is 2.38. The van der Waals surface area contributed by atoms with Gasteiger partial charge in [0.15, 0.2) is 6.61 Å². The number of hydrogen-bond donors (Lipinski definition) is 0. The first-order valence-corrected chi connectivity index (χ1v) is 8.25. The lowest BCUT2D eigenvalue weighted by atomic mass is 10.1. The molecule has 2 aromatic rings. The van der Waals surface area contributed by atoms with E-state index in [1.54, 1.807) is 12.1 Å². The summed E-state index contributed by atoms with van der Waals surface area (Å²) in [4.78, 5) is 26.2. The molecule has 1 aliphatic heterocycles. The van der Waals surface area contributed by atoms with E-state index in [0.29, 0.717) is 12.2 Å². The van der Waals surface area contributed by atoms with E-state index in [0.717, 1.165) is 15.7 Å². The van der Waals surface area contributed by atoms with Gasteiger partial charge in [-0.05, 0) is 35.9 Å². The summed E-state index contributed by atoms with van der Waals surface area (Å²) >= 11 is 3.35. The Morgan fingerprint density at radius 1 is 1.17 bits per heavy atom. The van der Waals surface area contributed by atoms with Gasteiger partial charge in [-0.3, -0.25) is 9.69 Å². The van der Waals surface area contributed by atoms with Crippen LogP contribution in [0.25, 0.3) is 0 Å². The maximum Gasteiger partial charge on any atom is 0.329 e. The zero-order valence-electron chi connectivity index (χ0n) is 13.1. The van der Waals surface area contributed by atoms with Crippen LogP contribution in [0.2, 0.25) is 0 Å². The van der Waals surface area contributed by atoms with Gasteiger partial charge >= 0.3 is 5.97 Å². The third kappa shape index (κ3) is 3.28. The highest BCUT2D eigenvalue weighted by molar-refractivity contribution is 9.10. The maximum atomic E-state index is 12.7. The molecular weight excluding hydrogens is 374 g/mol. The Balaban J connectivity index is 1.77. The van der Waals surface area contributed by atoms with Gasteiger partial charge in [0.05, 0.1) is 7.11 Å². The van der Waals surface area contributed by atoms with Crippen LogP contribution in [-0.4, -0.2) is 31.6 Å². The third-order valence-corrected chi connectivity index (χ3v) is 4.42. The third-order valence-electron chi connectivity index (χ3n) is 3.89. The number of ether oxygens (including phenoxy) is 2. The molecule has 0 aromatic heterocycles. The maximum absolute atomic E-state index is 12.7. The number of anilines is 1. The van der Waals surface area contributed by atoms with Gasteiger partial charge < -0.3 is 9.47 Å². The lowest BCUT2D eigenvalue weighted by Gasteiger charge is -2.23. The molecule has 0 N–H and O–H groups in total. The fourth-order valence-corrected chi connectivity index (χ4v) is 3.03. The van der Waals surface area contributed by atoms with Crippen molar-refractivity contribution in [2.75, 3.05) is 18.6 Å². The van der Waals surface area contributed by atoms with Gasteiger partial charge in [-0.2, -0.15) is 0 Å². The molecule has 0 saturated heterocycles. The summed E-state index contributed by atoms with van der Waals surface area (Å²) in [5, 5.41) is 0. The van der Waals surface area contributed by atoms with Crippen molar-refractivity contribution in [1.82, 2.24) is 0 Å². The Morgan fingerprint density at radius 2 is 1.88 bits per heavy atom.